The summed E-state index contributed by atoms with van der Waals surface area (Å²) in [6.07, 6.45) is 4.92. The van der Waals surface area contributed by atoms with E-state index in [0.717, 1.165) is 5.56 Å². The van der Waals surface area contributed by atoms with Gasteiger partial charge in [-0.05, 0) is 6.92 Å². The zero-order valence-electron chi connectivity index (χ0n) is 7.90. The molecule has 0 saturated carbocycles. The molecule has 0 radical (unpaired) electrons. The summed E-state index contributed by atoms with van der Waals surface area (Å²) in [7, 11) is 0. The smallest absolute Gasteiger partial charge is 0.219 e. The molecule has 0 N–H and O–H groups in total. The predicted octanol–water partition coefficient (Wildman–Crippen LogP) is 0.845. The lowest BCUT2D eigenvalue weighted by atomic mass is 10.3. The van der Waals surface area contributed by atoms with Gasteiger partial charge >= 0.3 is 0 Å². The maximum Gasteiger partial charge on any atom is 0.219 e. The quantitative estimate of drug-likeness (QED) is 0.691. The van der Waals surface area contributed by atoms with Gasteiger partial charge in [0.05, 0.1) is 0 Å². The van der Waals surface area contributed by atoms with Gasteiger partial charge in [-0.1, -0.05) is 0 Å². The molecule has 0 fully saturated rings. The molecule has 1 heterocycles. The van der Waals surface area contributed by atoms with Gasteiger partial charge in [-0.15, -0.1) is 0 Å². The van der Waals surface area contributed by atoms with Gasteiger partial charge in [0.1, 0.15) is 6.33 Å². The third-order valence-electron chi connectivity index (χ3n) is 1.81. The number of nitrogens with zero attached hydrogens (tertiary/aromatic N) is 3. The van der Waals surface area contributed by atoms with Crippen LogP contribution in [0.25, 0.3) is 0 Å². The number of aromatic nitrogens is 2. The number of carbonyl (C=O) groups is 1. The van der Waals surface area contributed by atoms with Crippen molar-refractivity contribution in [3.8, 4) is 0 Å². The fourth-order valence-corrected chi connectivity index (χ4v) is 1.08. The van der Waals surface area contributed by atoms with E-state index >= 15 is 0 Å². The van der Waals surface area contributed by atoms with E-state index in [9.17, 15) is 4.79 Å². The molecule has 0 aliphatic heterocycles. The summed E-state index contributed by atoms with van der Waals surface area (Å²) in [5.74, 6) is 0.0753. The van der Waals surface area contributed by atoms with Crippen LogP contribution in [0.2, 0.25) is 0 Å². The minimum Gasteiger partial charge on any atom is -0.339 e. The van der Waals surface area contributed by atoms with Crippen molar-refractivity contribution >= 4 is 5.91 Å². The Balaban J connectivity index is 2.62. The van der Waals surface area contributed by atoms with Crippen molar-refractivity contribution in [2.24, 2.45) is 0 Å². The molecule has 0 aliphatic rings. The van der Waals surface area contributed by atoms with Crippen LogP contribution in [-0.2, 0) is 11.3 Å². The highest BCUT2D eigenvalue weighted by molar-refractivity contribution is 5.73. The van der Waals surface area contributed by atoms with Gasteiger partial charge in [0.15, 0.2) is 0 Å². The predicted molar refractivity (Wildman–Crippen MR) is 48.8 cm³/mol. The molecule has 4 heteroatoms. The Morgan fingerprint density at radius 3 is 2.54 bits per heavy atom. The number of rotatable bonds is 3. The summed E-state index contributed by atoms with van der Waals surface area (Å²) in [6, 6.07) is 0. The average Bonchev–Trinajstić information content (AvgIpc) is 2.15. The van der Waals surface area contributed by atoms with Crippen LogP contribution < -0.4 is 0 Å². The van der Waals surface area contributed by atoms with Gasteiger partial charge in [-0.2, -0.15) is 0 Å². The summed E-state index contributed by atoms with van der Waals surface area (Å²) in [4.78, 5) is 20.6. The molecule has 1 amide bonds. The van der Waals surface area contributed by atoms with Gasteiger partial charge in [-0.3, -0.25) is 4.79 Å². The Morgan fingerprint density at radius 1 is 1.46 bits per heavy atom. The normalized spacial score (nSPS) is 9.69. The minimum atomic E-state index is 0.0753. The third kappa shape index (κ3) is 2.82. The maximum absolute atomic E-state index is 11.1. The second kappa shape index (κ2) is 4.54. The number of carbonyl (C=O) groups excluding carboxylic acids is 1. The summed E-state index contributed by atoms with van der Waals surface area (Å²) in [5, 5.41) is 0. The standard InChI is InChI=1S/C9H13N3O/c1-3-12(8(2)13)6-9-4-10-7-11-5-9/h4-5,7H,3,6H2,1-2H3. The summed E-state index contributed by atoms with van der Waals surface area (Å²) >= 11 is 0. The first kappa shape index (κ1) is 9.64. The van der Waals surface area contributed by atoms with Gasteiger partial charge in [0.2, 0.25) is 5.91 Å². The van der Waals surface area contributed by atoms with Crippen molar-refractivity contribution in [1.82, 2.24) is 14.9 Å². The first-order valence-corrected chi connectivity index (χ1v) is 4.23. The molecule has 0 unspecified atom stereocenters. The highest BCUT2D eigenvalue weighted by atomic mass is 16.2. The summed E-state index contributed by atoms with van der Waals surface area (Å²) < 4.78 is 0. The van der Waals surface area contributed by atoms with E-state index in [0.29, 0.717) is 13.1 Å². The van der Waals surface area contributed by atoms with Gasteiger partial charge in [0.25, 0.3) is 0 Å². The highest BCUT2D eigenvalue weighted by Crippen LogP contribution is 2.00. The molecule has 0 aromatic carbocycles. The fraction of sp³-hybridized carbons (Fsp3) is 0.444. The molecule has 13 heavy (non-hydrogen) atoms. The molecule has 70 valence electrons. The molecule has 0 saturated heterocycles. The van der Waals surface area contributed by atoms with Crippen LogP contribution in [0.15, 0.2) is 18.7 Å². The van der Waals surface area contributed by atoms with E-state index in [-0.39, 0.29) is 5.91 Å². The molecule has 1 aromatic rings. The maximum atomic E-state index is 11.1. The van der Waals surface area contributed by atoms with Crippen LogP contribution in [0.1, 0.15) is 19.4 Å². The van der Waals surface area contributed by atoms with Crippen LogP contribution in [0.5, 0.6) is 0 Å². The molecule has 0 spiro atoms. The Labute approximate surface area is 77.6 Å². The third-order valence-corrected chi connectivity index (χ3v) is 1.81. The fourth-order valence-electron chi connectivity index (χ4n) is 1.08. The Hall–Kier alpha value is -1.45. The van der Waals surface area contributed by atoms with Crippen LogP contribution >= 0.6 is 0 Å². The molecule has 1 aromatic heterocycles. The van der Waals surface area contributed by atoms with E-state index in [1.54, 1.807) is 24.2 Å². The lowest BCUT2D eigenvalue weighted by Gasteiger charge is -2.17. The molecule has 1 rings (SSSR count). The monoisotopic (exact) mass is 179 g/mol. The van der Waals surface area contributed by atoms with Crippen LogP contribution in [-0.4, -0.2) is 27.3 Å². The molecule has 4 nitrogen and oxygen atoms in total. The van der Waals surface area contributed by atoms with Crippen molar-refractivity contribution in [3.05, 3.63) is 24.3 Å². The van der Waals surface area contributed by atoms with Crippen molar-refractivity contribution in [3.63, 3.8) is 0 Å². The molecule has 0 atom stereocenters. The van der Waals surface area contributed by atoms with E-state index in [1.807, 2.05) is 6.92 Å². The number of amides is 1. The summed E-state index contributed by atoms with van der Waals surface area (Å²) in [6.45, 7) is 4.81. The SMILES string of the molecule is CCN(Cc1cncnc1)C(C)=O. The lowest BCUT2D eigenvalue weighted by Crippen LogP contribution is -2.27. The second-order valence-corrected chi connectivity index (χ2v) is 2.78. The van der Waals surface area contributed by atoms with Crippen molar-refractivity contribution in [1.29, 1.82) is 0 Å². The van der Waals surface area contributed by atoms with Gasteiger partial charge < -0.3 is 4.90 Å². The zero-order valence-corrected chi connectivity index (χ0v) is 7.90. The Bertz CT molecular complexity index is 273. The van der Waals surface area contributed by atoms with Crippen LogP contribution in [0, 0.1) is 0 Å². The Morgan fingerprint density at radius 2 is 2.08 bits per heavy atom. The first-order chi connectivity index (χ1) is 6.24. The number of hydrogen-bond acceptors (Lipinski definition) is 3. The van der Waals surface area contributed by atoms with Crippen LogP contribution in [0.4, 0.5) is 0 Å². The van der Waals surface area contributed by atoms with E-state index < -0.39 is 0 Å². The molecular weight excluding hydrogens is 166 g/mol. The largest absolute Gasteiger partial charge is 0.339 e. The highest BCUT2D eigenvalue weighted by Gasteiger charge is 2.06. The molecule has 0 bridgehead atoms. The van der Waals surface area contributed by atoms with E-state index in [4.69, 9.17) is 0 Å². The zero-order chi connectivity index (χ0) is 9.68. The van der Waals surface area contributed by atoms with Crippen molar-refractivity contribution < 1.29 is 4.79 Å². The van der Waals surface area contributed by atoms with Crippen molar-refractivity contribution in [2.45, 2.75) is 20.4 Å². The first-order valence-electron chi connectivity index (χ1n) is 4.23. The topological polar surface area (TPSA) is 46.1 Å². The molecular formula is C9H13N3O. The van der Waals surface area contributed by atoms with Gasteiger partial charge in [-0.25, -0.2) is 9.97 Å². The minimum absolute atomic E-state index is 0.0753. The summed E-state index contributed by atoms with van der Waals surface area (Å²) in [5.41, 5.74) is 0.958. The Kier molecular flexibility index (Phi) is 3.37. The van der Waals surface area contributed by atoms with E-state index in [2.05, 4.69) is 9.97 Å². The average molecular weight is 179 g/mol. The number of hydrogen-bond donors (Lipinski definition) is 0. The van der Waals surface area contributed by atoms with Gasteiger partial charge in [0, 0.05) is 38.0 Å². The van der Waals surface area contributed by atoms with Crippen LogP contribution in [0.3, 0.4) is 0 Å². The second-order valence-electron chi connectivity index (χ2n) is 2.78. The van der Waals surface area contributed by atoms with E-state index in [1.165, 1.54) is 6.33 Å². The lowest BCUT2D eigenvalue weighted by molar-refractivity contribution is -0.129. The van der Waals surface area contributed by atoms with Crippen molar-refractivity contribution in [2.75, 3.05) is 6.54 Å². The molecule has 0 aliphatic carbocycles.